The molecule has 0 aliphatic carbocycles. The minimum Gasteiger partial charge on any atom is -0.457 e. The molecule has 0 atom stereocenters. The van der Waals surface area contributed by atoms with Crippen LogP contribution in [0.4, 0.5) is 11.4 Å². The summed E-state index contributed by atoms with van der Waals surface area (Å²) < 4.78 is 11.4. The van der Waals surface area contributed by atoms with Gasteiger partial charge in [-0.3, -0.25) is 0 Å². The van der Waals surface area contributed by atoms with Crippen LogP contribution in [0, 0.1) is 13.1 Å². The zero-order valence-corrected chi connectivity index (χ0v) is 12.6. The summed E-state index contributed by atoms with van der Waals surface area (Å²) in [6, 6.07) is 21.1. The fraction of sp³-hybridized carbons (Fsp3) is 0. The van der Waals surface area contributed by atoms with Crippen LogP contribution in [-0.4, -0.2) is 0 Å². The number of nitrogens with zero attached hydrogens (tertiary/aromatic N) is 2. The molecule has 114 valence electrons. The van der Waals surface area contributed by atoms with Crippen molar-refractivity contribution in [2.45, 2.75) is 0 Å². The van der Waals surface area contributed by atoms with E-state index in [1.54, 1.807) is 48.5 Å². The lowest BCUT2D eigenvalue weighted by Gasteiger charge is -2.08. The van der Waals surface area contributed by atoms with Crippen LogP contribution < -0.4 is 9.47 Å². The van der Waals surface area contributed by atoms with Gasteiger partial charge in [0.1, 0.15) is 23.0 Å². The molecule has 0 aliphatic rings. The molecule has 0 fully saturated rings. The topological polar surface area (TPSA) is 27.2 Å². The molecule has 4 heteroatoms. The van der Waals surface area contributed by atoms with Gasteiger partial charge in [0.2, 0.25) is 0 Å². The van der Waals surface area contributed by atoms with Crippen LogP contribution in [0.1, 0.15) is 0 Å². The Morgan fingerprint density at radius 2 is 0.708 bits per heavy atom. The second-order valence-corrected chi connectivity index (χ2v) is 4.89. The van der Waals surface area contributed by atoms with Crippen molar-refractivity contribution in [3.8, 4) is 23.0 Å². The van der Waals surface area contributed by atoms with Crippen LogP contribution in [0.15, 0.2) is 72.8 Å². The van der Waals surface area contributed by atoms with Gasteiger partial charge in [-0.05, 0) is 48.5 Å². The third-order valence-electron chi connectivity index (χ3n) is 3.23. The van der Waals surface area contributed by atoms with Gasteiger partial charge >= 0.3 is 0 Å². The van der Waals surface area contributed by atoms with Gasteiger partial charge < -0.3 is 9.47 Å². The largest absolute Gasteiger partial charge is 0.457 e. The maximum atomic E-state index is 6.93. The summed E-state index contributed by atoms with van der Waals surface area (Å²) in [4.78, 5) is 6.69. The van der Waals surface area contributed by atoms with E-state index in [2.05, 4.69) is 9.69 Å². The molecule has 0 saturated heterocycles. The van der Waals surface area contributed by atoms with Gasteiger partial charge in [0.05, 0.1) is 13.1 Å². The molecule has 0 heterocycles. The Kier molecular flexibility index (Phi) is 4.42. The Morgan fingerprint density at radius 1 is 0.458 bits per heavy atom. The predicted octanol–water partition coefficient (Wildman–Crippen LogP) is 6.37. The van der Waals surface area contributed by atoms with E-state index in [1.807, 2.05) is 24.3 Å². The highest BCUT2D eigenvalue weighted by Gasteiger charge is 2.01. The molecular weight excluding hydrogens is 300 g/mol. The Bertz CT molecular complexity index is 822. The van der Waals surface area contributed by atoms with Crippen LogP contribution >= 0.6 is 0 Å². The first kappa shape index (κ1) is 15.1. The SMILES string of the molecule is [C-]#[N+]c1ccc(Oc2ccc(Oc3ccc([N+]#[C-])cc3)cc2)cc1. The van der Waals surface area contributed by atoms with Gasteiger partial charge in [-0.25, -0.2) is 9.69 Å². The highest BCUT2D eigenvalue weighted by molar-refractivity contribution is 5.49. The summed E-state index contributed by atoms with van der Waals surface area (Å²) in [5, 5.41) is 0. The molecule has 0 spiro atoms. The van der Waals surface area contributed by atoms with Crippen molar-refractivity contribution in [1.29, 1.82) is 0 Å². The smallest absolute Gasteiger partial charge is 0.187 e. The zero-order valence-electron chi connectivity index (χ0n) is 12.6. The van der Waals surface area contributed by atoms with Crippen molar-refractivity contribution in [3.05, 3.63) is 95.6 Å². The fourth-order valence-corrected chi connectivity index (χ4v) is 2.03. The van der Waals surface area contributed by atoms with Crippen molar-refractivity contribution in [2.75, 3.05) is 0 Å². The number of hydrogen-bond acceptors (Lipinski definition) is 2. The molecule has 24 heavy (non-hydrogen) atoms. The first-order valence-corrected chi connectivity index (χ1v) is 7.18. The highest BCUT2D eigenvalue weighted by Crippen LogP contribution is 2.28. The molecule has 3 rings (SSSR count). The molecule has 0 unspecified atom stereocenters. The lowest BCUT2D eigenvalue weighted by Crippen LogP contribution is -1.86. The van der Waals surface area contributed by atoms with Crippen molar-refractivity contribution >= 4 is 11.4 Å². The minimum absolute atomic E-state index is 0.579. The zero-order chi connectivity index (χ0) is 16.8. The Labute approximate surface area is 140 Å². The van der Waals surface area contributed by atoms with Gasteiger partial charge in [-0.1, -0.05) is 24.3 Å². The van der Waals surface area contributed by atoms with Crippen molar-refractivity contribution in [3.63, 3.8) is 0 Å². The average molecular weight is 312 g/mol. The van der Waals surface area contributed by atoms with Crippen LogP contribution in [-0.2, 0) is 0 Å². The van der Waals surface area contributed by atoms with Crippen LogP contribution in [0.5, 0.6) is 23.0 Å². The first-order chi connectivity index (χ1) is 11.8. The summed E-state index contributed by atoms with van der Waals surface area (Å²) in [6.07, 6.45) is 0. The third kappa shape index (κ3) is 3.71. The van der Waals surface area contributed by atoms with Crippen LogP contribution in [0.25, 0.3) is 9.69 Å². The number of benzene rings is 3. The maximum Gasteiger partial charge on any atom is 0.187 e. The van der Waals surface area contributed by atoms with E-state index < -0.39 is 0 Å². The number of hydrogen-bond donors (Lipinski definition) is 0. The molecule has 3 aromatic carbocycles. The lowest BCUT2D eigenvalue weighted by molar-refractivity contribution is 0.469. The Morgan fingerprint density at radius 3 is 0.958 bits per heavy atom. The summed E-state index contributed by atoms with van der Waals surface area (Å²) in [5.41, 5.74) is 1.16. The fourth-order valence-electron chi connectivity index (χ4n) is 2.03. The monoisotopic (exact) mass is 312 g/mol. The first-order valence-electron chi connectivity index (χ1n) is 7.18. The molecule has 4 nitrogen and oxygen atoms in total. The summed E-state index contributed by atoms with van der Waals surface area (Å²) in [5.74, 6) is 2.71. The molecule has 0 radical (unpaired) electrons. The average Bonchev–Trinajstić information content (AvgIpc) is 2.65. The Hall–Kier alpha value is -3.76. The predicted molar refractivity (Wildman–Crippen MR) is 92.0 cm³/mol. The second-order valence-electron chi connectivity index (χ2n) is 4.89. The van der Waals surface area contributed by atoms with Gasteiger partial charge in [-0.15, -0.1) is 0 Å². The van der Waals surface area contributed by atoms with Crippen molar-refractivity contribution < 1.29 is 9.47 Å². The third-order valence-corrected chi connectivity index (χ3v) is 3.23. The second kappa shape index (κ2) is 7.00. The van der Waals surface area contributed by atoms with Gasteiger partial charge in [0.25, 0.3) is 0 Å². The molecule has 0 aliphatic heterocycles. The molecule has 3 aromatic rings. The molecule has 0 aromatic heterocycles. The summed E-state index contributed by atoms with van der Waals surface area (Å²) in [7, 11) is 0. The Balaban J connectivity index is 1.66. The van der Waals surface area contributed by atoms with Gasteiger partial charge in [0, 0.05) is 0 Å². The molecule has 0 bridgehead atoms. The van der Waals surface area contributed by atoms with Gasteiger partial charge in [0.15, 0.2) is 11.4 Å². The van der Waals surface area contributed by atoms with E-state index in [9.17, 15) is 0 Å². The van der Waals surface area contributed by atoms with Gasteiger partial charge in [-0.2, -0.15) is 0 Å². The maximum absolute atomic E-state index is 6.93. The van der Waals surface area contributed by atoms with Crippen LogP contribution in [0.3, 0.4) is 0 Å². The van der Waals surface area contributed by atoms with Crippen molar-refractivity contribution in [1.82, 2.24) is 0 Å². The van der Waals surface area contributed by atoms with Crippen molar-refractivity contribution in [2.24, 2.45) is 0 Å². The number of ether oxygens (including phenoxy) is 2. The normalized spacial score (nSPS) is 9.58. The highest BCUT2D eigenvalue weighted by atomic mass is 16.5. The lowest BCUT2D eigenvalue weighted by atomic mass is 10.3. The minimum atomic E-state index is 0.579. The summed E-state index contributed by atoms with van der Waals surface area (Å²) in [6.45, 7) is 13.9. The molecule has 0 amide bonds. The van der Waals surface area contributed by atoms with E-state index in [1.165, 1.54) is 0 Å². The van der Waals surface area contributed by atoms with E-state index in [4.69, 9.17) is 22.6 Å². The molecular formula is C20H12N2O2. The molecule has 0 saturated carbocycles. The quantitative estimate of drug-likeness (QED) is 0.523. The summed E-state index contributed by atoms with van der Waals surface area (Å²) >= 11 is 0. The molecule has 0 N–H and O–H groups in total. The van der Waals surface area contributed by atoms with E-state index >= 15 is 0 Å². The van der Waals surface area contributed by atoms with E-state index in [0.717, 1.165) is 0 Å². The van der Waals surface area contributed by atoms with Crippen LogP contribution in [0.2, 0.25) is 0 Å². The standard InChI is InChI=1S/C20H12N2O2/c1-21-15-3-7-17(8-4-15)23-19-11-13-20(14-12-19)24-18-9-5-16(22-2)6-10-18/h3-14H. The number of rotatable bonds is 4. The van der Waals surface area contributed by atoms with E-state index in [-0.39, 0.29) is 0 Å². The van der Waals surface area contributed by atoms with E-state index in [0.29, 0.717) is 34.4 Å².